The Morgan fingerprint density at radius 1 is 1.17 bits per heavy atom. The highest BCUT2D eigenvalue weighted by Crippen LogP contribution is 2.29. The average Bonchev–Trinajstić information content (AvgIpc) is 3.12. The van der Waals surface area contributed by atoms with Crippen molar-refractivity contribution in [3.05, 3.63) is 95.5 Å². The molecule has 2 heterocycles. The van der Waals surface area contributed by atoms with E-state index in [1.807, 2.05) is 36.4 Å². The van der Waals surface area contributed by atoms with Gasteiger partial charge in [-0.1, -0.05) is 36.4 Å². The monoisotopic (exact) mass is 402 g/mol. The molecule has 4 aromatic rings. The van der Waals surface area contributed by atoms with Gasteiger partial charge in [-0.3, -0.25) is 9.78 Å². The maximum atomic E-state index is 12.8. The van der Waals surface area contributed by atoms with E-state index in [1.54, 1.807) is 43.6 Å². The van der Waals surface area contributed by atoms with Gasteiger partial charge in [0, 0.05) is 29.9 Å². The molecule has 1 amide bonds. The fourth-order valence-electron chi connectivity index (χ4n) is 3.28. The molecule has 4 rings (SSSR count). The zero-order chi connectivity index (χ0) is 20.9. The highest BCUT2D eigenvalue weighted by Gasteiger charge is 2.20. The van der Waals surface area contributed by atoms with Gasteiger partial charge in [-0.2, -0.15) is 0 Å². The number of hydrogen-bond donors (Lipinski definition) is 2. The van der Waals surface area contributed by atoms with Crippen molar-refractivity contribution in [1.29, 1.82) is 0 Å². The van der Waals surface area contributed by atoms with Crippen LogP contribution >= 0.6 is 0 Å². The van der Waals surface area contributed by atoms with Crippen molar-refractivity contribution in [2.45, 2.75) is 19.6 Å². The molecule has 0 aliphatic carbocycles. The van der Waals surface area contributed by atoms with Gasteiger partial charge < -0.3 is 19.6 Å². The van der Waals surface area contributed by atoms with Gasteiger partial charge in [0.1, 0.15) is 23.7 Å². The quantitative estimate of drug-likeness (QED) is 0.484. The summed E-state index contributed by atoms with van der Waals surface area (Å²) >= 11 is 0. The lowest BCUT2D eigenvalue weighted by molar-refractivity contribution is 0.0916. The van der Waals surface area contributed by atoms with Crippen LogP contribution in [-0.4, -0.2) is 22.5 Å². The van der Waals surface area contributed by atoms with E-state index in [2.05, 4.69) is 10.3 Å². The van der Waals surface area contributed by atoms with E-state index in [1.165, 1.54) is 0 Å². The summed E-state index contributed by atoms with van der Waals surface area (Å²) in [5.74, 6) is 0.851. The van der Waals surface area contributed by atoms with Gasteiger partial charge >= 0.3 is 0 Å². The molecule has 30 heavy (non-hydrogen) atoms. The summed E-state index contributed by atoms with van der Waals surface area (Å²) in [5, 5.41) is 13.7. The second-order valence-corrected chi connectivity index (χ2v) is 6.98. The molecule has 0 aliphatic rings. The van der Waals surface area contributed by atoms with E-state index >= 15 is 0 Å². The number of carbonyl (C=O) groups is 1. The number of nitrogens with one attached hydrogen (secondary N) is 1. The molecule has 1 atom stereocenters. The van der Waals surface area contributed by atoms with Crippen LogP contribution in [0, 0.1) is 6.92 Å². The lowest BCUT2D eigenvalue weighted by atomic mass is 10.1. The maximum absolute atomic E-state index is 12.8. The van der Waals surface area contributed by atoms with Crippen LogP contribution in [0.4, 0.5) is 0 Å². The number of benzene rings is 2. The van der Waals surface area contributed by atoms with Crippen LogP contribution in [0.5, 0.6) is 5.75 Å². The Hall–Kier alpha value is -3.64. The Morgan fingerprint density at radius 3 is 2.77 bits per heavy atom. The van der Waals surface area contributed by atoms with Crippen LogP contribution < -0.4 is 10.1 Å². The van der Waals surface area contributed by atoms with Crippen molar-refractivity contribution in [2.75, 3.05) is 6.54 Å². The Morgan fingerprint density at radius 2 is 2.00 bits per heavy atom. The highest BCUT2D eigenvalue weighted by molar-refractivity contribution is 6.07. The van der Waals surface area contributed by atoms with Crippen molar-refractivity contribution in [2.24, 2.45) is 0 Å². The van der Waals surface area contributed by atoms with E-state index in [4.69, 9.17) is 9.15 Å². The SMILES string of the molecule is Cc1oc2ccc(OCc3ccccc3)cc2c1C(=O)NCC(O)c1cccnc1. The smallest absolute Gasteiger partial charge is 0.255 e. The molecular formula is C24H22N2O4. The normalized spacial score (nSPS) is 11.9. The van der Waals surface area contributed by atoms with Crippen LogP contribution in [-0.2, 0) is 6.61 Å². The van der Waals surface area contributed by atoms with E-state index in [0.717, 1.165) is 5.56 Å². The number of amides is 1. The molecule has 0 fully saturated rings. The summed E-state index contributed by atoms with van der Waals surface area (Å²) in [7, 11) is 0. The number of aliphatic hydroxyl groups is 1. The molecule has 0 saturated carbocycles. The van der Waals surface area contributed by atoms with Crippen molar-refractivity contribution >= 4 is 16.9 Å². The number of hydrogen-bond acceptors (Lipinski definition) is 5. The molecule has 0 bridgehead atoms. The predicted octanol–water partition coefficient (Wildman–Crippen LogP) is 4.18. The fraction of sp³-hybridized carbons (Fsp3) is 0.167. The Balaban J connectivity index is 1.49. The zero-order valence-electron chi connectivity index (χ0n) is 16.5. The van der Waals surface area contributed by atoms with Crippen molar-refractivity contribution in [3.8, 4) is 5.75 Å². The average molecular weight is 402 g/mol. The molecule has 6 nitrogen and oxygen atoms in total. The number of pyridine rings is 1. The number of nitrogens with zero attached hydrogens (tertiary/aromatic N) is 1. The number of ether oxygens (including phenoxy) is 1. The minimum Gasteiger partial charge on any atom is -0.489 e. The highest BCUT2D eigenvalue weighted by atomic mass is 16.5. The van der Waals surface area contributed by atoms with Gasteiger partial charge in [0.2, 0.25) is 0 Å². The predicted molar refractivity (Wildman–Crippen MR) is 113 cm³/mol. The van der Waals surface area contributed by atoms with E-state index in [0.29, 0.717) is 40.2 Å². The van der Waals surface area contributed by atoms with Crippen LogP contribution in [0.15, 0.2) is 77.5 Å². The summed E-state index contributed by atoms with van der Waals surface area (Å²) in [6.45, 7) is 2.25. The van der Waals surface area contributed by atoms with Gasteiger partial charge in [-0.25, -0.2) is 0 Å². The Labute approximate surface area is 174 Å². The molecule has 2 aromatic heterocycles. The minimum absolute atomic E-state index is 0.0703. The summed E-state index contributed by atoms with van der Waals surface area (Å²) in [6.07, 6.45) is 2.37. The third-order valence-corrected chi connectivity index (χ3v) is 4.84. The number of fused-ring (bicyclic) bond motifs is 1. The van der Waals surface area contributed by atoms with Crippen molar-refractivity contribution in [3.63, 3.8) is 0 Å². The maximum Gasteiger partial charge on any atom is 0.255 e. The topological polar surface area (TPSA) is 84.6 Å². The first kappa shape index (κ1) is 19.7. The molecule has 0 saturated heterocycles. The Kier molecular flexibility index (Phi) is 5.77. The number of aromatic nitrogens is 1. The Bertz CT molecular complexity index is 1140. The number of furan rings is 1. The zero-order valence-corrected chi connectivity index (χ0v) is 16.5. The third kappa shape index (κ3) is 4.34. The molecule has 2 N–H and O–H groups in total. The van der Waals surface area contributed by atoms with E-state index < -0.39 is 6.10 Å². The van der Waals surface area contributed by atoms with Crippen molar-refractivity contribution < 1.29 is 19.1 Å². The number of carbonyl (C=O) groups excluding carboxylic acids is 1. The fourth-order valence-corrected chi connectivity index (χ4v) is 3.28. The molecule has 0 spiro atoms. The first-order chi connectivity index (χ1) is 14.6. The summed E-state index contributed by atoms with van der Waals surface area (Å²) in [4.78, 5) is 16.8. The molecule has 6 heteroatoms. The largest absolute Gasteiger partial charge is 0.489 e. The number of rotatable bonds is 7. The molecule has 2 aromatic carbocycles. The summed E-state index contributed by atoms with van der Waals surface area (Å²) in [6, 6.07) is 18.8. The van der Waals surface area contributed by atoms with E-state index in [9.17, 15) is 9.90 Å². The van der Waals surface area contributed by atoms with Gasteiger partial charge in [-0.05, 0) is 36.8 Å². The molecule has 1 unspecified atom stereocenters. The van der Waals surface area contributed by atoms with Crippen LogP contribution in [0.1, 0.15) is 33.3 Å². The van der Waals surface area contributed by atoms with Crippen LogP contribution in [0.2, 0.25) is 0 Å². The van der Waals surface area contributed by atoms with Gasteiger partial charge in [0.25, 0.3) is 5.91 Å². The summed E-state index contributed by atoms with van der Waals surface area (Å²) < 4.78 is 11.6. The second kappa shape index (κ2) is 8.80. The van der Waals surface area contributed by atoms with Crippen molar-refractivity contribution in [1.82, 2.24) is 10.3 Å². The molecule has 0 aliphatic heterocycles. The standard InChI is InChI=1S/C24H22N2O4/c1-16-23(24(28)26-14-21(27)18-8-5-11-25-13-18)20-12-19(9-10-22(20)30-16)29-15-17-6-3-2-4-7-17/h2-13,21,27H,14-15H2,1H3,(H,26,28). The second-order valence-electron chi connectivity index (χ2n) is 6.98. The number of aryl methyl sites for hydroxylation is 1. The van der Waals surface area contributed by atoms with Gasteiger partial charge in [0.15, 0.2) is 0 Å². The summed E-state index contributed by atoms with van der Waals surface area (Å²) in [5.41, 5.74) is 2.75. The lowest BCUT2D eigenvalue weighted by Gasteiger charge is -2.12. The van der Waals surface area contributed by atoms with Crippen LogP contribution in [0.25, 0.3) is 11.0 Å². The van der Waals surface area contributed by atoms with E-state index in [-0.39, 0.29) is 12.5 Å². The first-order valence-electron chi connectivity index (χ1n) is 9.68. The first-order valence-corrected chi connectivity index (χ1v) is 9.68. The minimum atomic E-state index is -0.842. The van der Waals surface area contributed by atoms with Crippen LogP contribution in [0.3, 0.4) is 0 Å². The third-order valence-electron chi connectivity index (χ3n) is 4.84. The number of aliphatic hydroxyl groups excluding tert-OH is 1. The molecule has 0 radical (unpaired) electrons. The molecular weight excluding hydrogens is 380 g/mol. The van der Waals surface area contributed by atoms with Gasteiger partial charge in [-0.15, -0.1) is 0 Å². The van der Waals surface area contributed by atoms with Gasteiger partial charge in [0.05, 0.1) is 11.7 Å². The lowest BCUT2D eigenvalue weighted by Crippen LogP contribution is -2.28. The molecule has 152 valence electrons.